The summed E-state index contributed by atoms with van der Waals surface area (Å²) in [6.45, 7) is 34.9. The second kappa shape index (κ2) is 18.2. The molecule has 0 aliphatic rings. The molecule has 5 aromatic carbocycles. The third-order valence-corrected chi connectivity index (χ3v) is 13.0. The number of alkyl halides is 1. The van der Waals surface area contributed by atoms with Crippen molar-refractivity contribution in [3.8, 4) is 52.7 Å². The van der Waals surface area contributed by atoms with Gasteiger partial charge in [-0.3, -0.25) is 0 Å². The van der Waals surface area contributed by atoms with Crippen LogP contribution in [-0.2, 0) is 32.1 Å². The second-order valence-electron chi connectivity index (χ2n) is 22.1. The second-order valence-corrected chi connectivity index (χ2v) is 23.5. The average molecular weight is 927 g/mol. The first kappa shape index (κ1) is 51.3. The van der Waals surface area contributed by atoms with Gasteiger partial charge in [0, 0.05) is 27.7 Å². The molecule has 66 heavy (non-hydrogen) atoms. The van der Waals surface area contributed by atoms with E-state index in [9.17, 15) is 15.8 Å². The summed E-state index contributed by atoms with van der Waals surface area (Å²) in [6, 6.07) is 33.4. The molecular weight excluding hydrogens is 862 g/mol. The fourth-order valence-electron chi connectivity index (χ4n) is 8.07. The van der Waals surface area contributed by atoms with Gasteiger partial charge in [-0.05, 0) is 117 Å². The van der Waals surface area contributed by atoms with Crippen LogP contribution in [0.25, 0.3) is 0 Å². The van der Waals surface area contributed by atoms with Gasteiger partial charge in [-0.2, -0.15) is 15.8 Å². The van der Waals surface area contributed by atoms with Crippen LogP contribution in [0.15, 0.2) is 84.9 Å². The number of hydrogen-bond donors (Lipinski definition) is 0. The van der Waals surface area contributed by atoms with Crippen molar-refractivity contribution in [1.82, 2.24) is 0 Å². The van der Waals surface area contributed by atoms with Gasteiger partial charge in [0.2, 0.25) is 0 Å². The Labute approximate surface area is 404 Å². The Kier molecular flexibility index (Phi) is 14.2. The van der Waals surface area contributed by atoms with Crippen molar-refractivity contribution in [2.45, 2.75) is 155 Å². The van der Waals surface area contributed by atoms with E-state index in [4.69, 9.17) is 42.1 Å². The largest absolute Gasteiger partial charge is 0.487 e. The summed E-state index contributed by atoms with van der Waals surface area (Å²) in [5.41, 5.74) is 2.30. The number of benzene rings is 5. The van der Waals surface area contributed by atoms with E-state index >= 15 is 0 Å². The lowest BCUT2D eigenvalue weighted by Gasteiger charge is -2.43. The maximum atomic E-state index is 11.0. The van der Waals surface area contributed by atoms with Gasteiger partial charge in [0.05, 0.1) is 26.6 Å². The Morgan fingerprint density at radius 1 is 0.424 bits per heavy atom. The van der Waals surface area contributed by atoms with Crippen molar-refractivity contribution < 1.29 is 18.9 Å². The van der Waals surface area contributed by atoms with Crippen molar-refractivity contribution in [2.75, 3.05) is 0 Å². The van der Waals surface area contributed by atoms with E-state index in [0.717, 1.165) is 22.3 Å². The Bertz CT molecular complexity index is 2770. The SMILES string of the molecule is CC(C)(C)c1cc(OC(C)(C)c2cccc(Cl)c2C#N)c(C(C)(C)C)cc1Oc1cccc(C(C)(C)C(C)(C)Oc2ccc(Oc3cccc(C(C)(C)Cl)c3C#N)cc2C(C)(C)C)c1C#N. The average Bonchev–Trinajstić information content (AvgIpc) is 3.19. The molecular formula is C57H65Cl2N3O4. The van der Waals surface area contributed by atoms with Crippen molar-refractivity contribution in [3.63, 3.8) is 0 Å². The third-order valence-electron chi connectivity index (χ3n) is 12.5. The zero-order chi connectivity index (χ0) is 49.6. The minimum atomic E-state index is -0.920. The minimum absolute atomic E-state index is 0.361. The number of halogens is 2. The molecule has 0 radical (unpaired) electrons. The maximum Gasteiger partial charge on any atom is 0.145 e. The van der Waals surface area contributed by atoms with E-state index < -0.39 is 32.3 Å². The number of ether oxygens (including phenoxy) is 4. The third kappa shape index (κ3) is 10.6. The van der Waals surface area contributed by atoms with E-state index in [1.54, 1.807) is 12.1 Å². The molecule has 0 N–H and O–H groups in total. The predicted octanol–water partition coefficient (Wildman–Crippen LogP) is 16.4. The molecule has 0 fully saturated rings. The molecule has 7 nitrogen and oxygen atoms in total. The van der Waals surface area contributed by atoms with Crippen molar-refractivity contribution in [1.29, 1.82) is 15.8 Å². The molecule has 0 bridgehead atoms. The Morgan fingerprint density at radius 2 is 0.879 bits per heavy atom. The van der Waals surface area contributed by atoms with E-state index in [0.29, 0.717) is 67.3 Å². The molecule has 0 unspecified atom stereocenters. The number of nitrogens with zero attached hydrogens (tertiary/aromatic N) is 3. The first-order valence-electron chi connectivity index (χ1n) is 22.3. The summed E-state index contributed by atoms with van der Waals surface area (Å²) in [5, 5.41) is 31.5. The molecule has 0 spiro atoms. The number of rotatable bonds is 12. The zero-order valence-corrected chi connectivity index (χ0v) is 43.3. The predicted molar refractivity (Wildman–Crippen MR) is 268 cm³/mol. The minimum Gasteiger partial charge on any atom is -0.487 e. The maximum absolute atomic E-state index is 11.0. The van der Waals surface area contributed by atoms with Gasteiger partial charge in [-0.25, -0.2) is 0 Å². The summed E-state index contributed by atoms with van der Waals surface area (Å²) in [5.74, 6) is 3.34. The highest BCUT2D eigenvalue weighted by Crippen LogP contribution is 2.48. The van der Waals surface area contributed by atoms with Crippen LogP contribution in [0.5, 0.6) is 34.5 Å². The van der Waals surface area contributed by atoms with Crippen LogP contribution in [0.1, 0.15) is 168 Å². The summed E-state index contributed by atoms with van der Waals surface area (Å²) in [7, 11) is 0. The van der Waals surface area contributed by atoms with Gasteiger partial charge in [0.1, 0.15) is 63.9 Å². The molecule has 0 aliphatic carbocycles. The van der Waals surface area contributed by atoms with Gasteiger partial charge in [-0.15, -0.1) is 11.6 Å². The van der Waals surface area contributed by atoms with Crippen LogP contribution in [-0.4, -0.2) is 5.60 Å². The molecule has 0 amide bonds. The van der Waals surface area contributed by atoms with E-state index in [1.165, 1.54) is 0 Å². The first-order chi connectivity index (χ1) is 30.3. The summed E-state index contributed by atoms with van der Waals surface area (Å²) in [6.07, 6.45) is 0. The summed E-state index contributed by atoms with van der Waals surface area (Å²) in [4.78, 5) is -0.761. The van der Waals surface area contributed by atoms with Crippen molar-refractivity contribution in [2.24, 2.45) is 0 Å². The molecule has 0 heterocycles. The van der Waals surface area contributed by atoms with Gasteiger partial charge in [0.25, 0.3) is 0 Å². The lowest BCUT2D eigenvalue weighted by Crippen LogP contribution is -2.48. The van der Waals surface area contributed by atoms with Gasteiger partial charge in [0.15, 0.2) is 0 Å². The van der Waals surface area contributed by atoms with Crippen molar-refractivity contribution >= 4 is 23.2 Å². The fourth-order valence-corrected chi connectivity index (χ4v) is 8.44. The highest BCUT2D eigenvalue weighted by atomic mass is 35.5. The summed E-state index contributed by atoms with van der Waals surface area (Å²) < 4.78 is 27.3. The molecule has 0 aliphatic heterocycles. The van der Waals surface area contributed by atoms with Crippen LogP contribution < -0.4 is 18.9 Å². The van der Waals surface area contributed by atoms with Crippen LogP contribution in [0.2, 0.25) is 5.02 Å². The molecule has 0 saturated carbocycles. The monoisotopic (exact) mass is 925 g/mol. The van der Waals surface area contributed by atoms with Crippen LogP contribution >= 0.6 is 23.2 Å². The topological polar surface area (TPSA) is 108 Å². The molecule has 346 valence electrons. The van der Waals surface area contributed by atoms with E-state index in [1.807, 2.05) is 114 Å². The Balaban J connectivity index is 1.56. The Morgan fingerprint density at radius 3 is 1.41 bits per heavy atom. The number of hydrogen-bond acceptors (Lipinski definition) is 7. The zero-order valence-electron chi connectivity index (χ0n) is 41.8. The fraction of sp³-hybridized carbons (Fsp3) is 0.421. The first-order valence-corrected chi connectivity index (χ1v) is 23.1. The highest BCUT2D eigenvalue weighted by Gasteiger charge is 2.44. The standard InChI is InChI=1S/C57H65Cl2N3O4/c1-51(2,3)42-29-35(63-46-25-20-22-40(38(46)34-62)55(12,13)59)27-28-48(42)66-57(16,17)54(10,11)39-21-19-26-47(37(39)33-61)64-49-30-44(53(7,8)9)50(31-43(49)52(4,5)6)65-56(14,15)41-23-18-24-45(58)36(41)32-60/h18-31H,1-17H3. The molecule has 0 saturated heterocycles. The number of nitriles is 3. The van der Waals surface area contributed by atoms with E-state index in [2.05, 4.69) is 94.4 Å². The smallest absolute Gasteiger partial charge is 0.145 e. The quantitative estimate of drug-likeness (QED) is 0.115. The van der Waals surface area contributed by atoms with Crippen molar-refractivity contribution in [3.05, 3.63) is 140 Å². The van der Waals surface area contributed by atoms with Gasteiger partial charge >= 0.3 is 0 Å². The lowest BCUT2D eigenvalue weighted by atomic mass is 9.70. The highest BCUT2D eigenvalue weighted by molar-refractivity contribution is 6.31. The summed E-state index contributed by atoms with van der Waals surface area (Å²) >= 11 is 13.1. The molecule has 9 heteroatoms. The lowest BCUT2D eigenvalue weighted by molar-refractivity contribution is 0.0338. The molecule has 0 atom stereocenters. The van der Waals surface area contributed by atoms with Crippen LogP contribution in [0, 0.1) is 34.0 Å². The normalized spacial score (nSPS) is 12.7. The van der Waals surface area contributed by atoms with E-state index in [-0.39, 0.29) is 5.41 Å². The molecule has 5 aromatic rings. The van der Waals surface area contributed by atoms with Gasteiger partial charge < -0.3 is 18.9 Å². The Hall–Kier alpha value is -5.65. The van der Waals surface area contributed by atoms with Crippen LogP contribution in [0.4, 0.5) is 0 Å². The molecule has 0 aromatic heterocycles. The molecule has 5 rings (SSSR count). The van der Waals surface area contributed by atoms with Crippen LogP contribution in [0.3, 0.4) is 0 Å². The van der Waals surface area contributed by atoms with Gasteiger partial charge in [-0.1, -0.05) is 124 Å².